The van der Waals surface area contributed by atoms with E-state index in [9.17, 15) is 8.42 Å². The van der Waals surface area contributed by atoms with E-state index in [1.807, 2.05) is 13.0 Å². The van der Waals surface area contributed by atoms with Crippen LogP contribution < -0.4 is 5.32 Å². The Kier molecular flexibility index (Phi) is 5.37. The van der Waals surface area contributed by atoms with Crippen molar-refractivity contribution in [2.75, 3.05) is 11.1 Å². The third-order valence-corrected chi connectivity index (χ3v) is 5.72. The predicted molar refractivity (Wildman–Crippen MR) is 92.7 cm³/mol. The standard InChI is InChI=1S/C16H17Cl2NO2S/c1-3-22(20,21)14-7-5-13(6-8-14)19-11(2)15-9-4-12(17)10-16(15)18/h4-11,19H,3H2,1-2H3/t11-/m0/s1. The Morgan fingerprint density at radius 3 is 2.27 bits per heavy atom. The highest BCUT2D eigenvalue weighted by atomic mass is 35.5. The molecule has 0 aliphatic heterocycles. The zero-order valence-electron chi connectivity index (χ0n) is 12.3. The summed E-state index contributed by atoms with van der Waals surface area (Å²) < 4.78 is 23.6. The van der Waals surface area contributed by atoms with Gasteiger partial charge in [0.1, 0.15) is 0 Å². The molecule has 0 fully saturated rings. The zero-order chi connectivity index (χ0) is 16.3. The van der Waals surface area contributed by atoms with Gasteiger partial charge in [0.15, 0.2) is 9.84 Å². The van der Waals surface area contributed by atoms with Crippen molar-refractivity contribution in [2.24, 2.45) is 0 Å². The Morgan fingerprint density at radius 1 is 1.09 bits per heavy atom. The molecule has 6 heteroatoms. The van der Waals surface area contributed by atoms with Gasteiger partial charge in [0.05, 0.1) is 10.6 Å². The number of benzene rings is 2. The fourth-order valence-electron chi connectivity index (χ4n) is 2.11. The first-order valence-electron chi connectivity index (χ1n) is 6.88. The molecule has 0 bridgehead atoms. The summed E-state index contributed by atoms with van der Waals surface area (Å²) in [5.41, 5.74) is 1.75. The molecule has 2 aromatic rings. The van der Waals surface area contributed by atoms with Gasteiger partial charge >= 0.3 is 0 Å². The van der Waals surface area contributed by atoms with Crippen LogP contribution in [-0.4, -0.2) is 14.2 Å². The summed E-state index contributed by atoms with van der Waals surface area (Å²) in [6.07, 6.45) is 0. The molecule has 0 aromatic heterocycles. The number of sulfone groups is 1. The molecule has 2 aromatic carbocycles. The van der Waals surface area contributed by atoms with Gasteiger partial charge in [-0.25, -0.2) is 8.42 Å². The van der Waals surface area contributed by atoms with E-state index in [1.54, 1.807) is 43.3 Å². The Morgan fingerprint density at radius 2 is 1.73 bits per heavy atom. The average molecular weight is 358 g/mol. The maximum Gasteiger partial charge on any atom is 0.178 e. The first-order chi connectivity index (χ1) is 10.3. The first kappa shape index (κ1) is 17.1. The lowest BCUT2D eigenvalue weighted by Gasteiger charge is -2.17. The van der Waals surface area contributed by atoms with Crippen molar-refractivity contribution >= 4 is 38.7 Å². The molecule has 0 saturated carbocycles. The van der Waals surface area contributed by atoms with Gasteiger partial charge in [-0.3, -0.25) is 0 Å². The van der Waals surface area contributed by atoms with Crippen LogP contribution in [-0.2, 0) is 9.84 Å². The number of halogens is 2. The lowest BCUT2D eigenvalue weighted by molar-refractivity contribution is 0.597. The molecule has 0 aliphatic carbocycles. The molecule has 0 aliphatic rings. The molecule has 0 unspecified atom stereocenters. The van der Waals surface area contributed by atoms with E-state index in [1.165, 1.54) is 0 Å². The van der Waals surface area contributed by atoms with Crippen LogP contribution in [0.1, 0.15) is 25.5 Å². The highest BCUT2D eigenvalue weighted by molar-refractivity contribution is 7.91. The van der Waals surface area contributed by atoms with Gasteiger partial charge in [0, 0.05) is 21.8 Å². The summed E-state index contributed by atoms with van der Waals surface area (Å²) in [7, 11) is -3.17. The van der Waals surface area contributed by atoms with Crippen LogP contribution in [0.4, 0.5) is 5.69 Å². The van der Waals surface area contributed by atoms with Crippen LogP contribution >= 0.6 is 23.2 Å². The van der Waals surface area contributed by atoms with Crippen molar-refractivity contribution in [1.82, 2.24) is 0 Å². The molecule has 22 heavy (non-hydrogen) atoms. The third-order valence-electron chi connectivity index (χ3n) is 3.41. The lowest BCUT2D eigenvalue weighted by Crippen LogP contribution is -2.08. The molecule has 0 heterocycles. The second-order valence-electron chi connectivity index (χ2n) is 4.96. The molecule has 118 valence electrons. The summed E-state index contributed by atoms with van der Waals surface area (Å²) in [6.45, 7) is 3.61. The Labute approximate surface area is 141 Å². The van der Waals surface area contributed by atoms with E-state index in [-0.39, 0.29) is 11.8 Å². The second-order valence-corrected chi connectivity index (χ2v) is 8.08. The normalized spacial score (nSPS) is 12.9. The smallest absolute Gasteiger partial charge is 0.178 e. The van der Waals surface area contributed by atoms with E-state index in [0.717, 1.165) is 11.3 Å². The molecule has 0 radical (unpaired) electrons. The van der Waals surface area contributed by atoms with Crippen LogP contribution in [0.5, 0.6) is 0 Å². The molecule has 2 rings (SSSR count). The molecular formula is C16H17Cl2NO2S. The predicted octanol–water partition coefficient (Wildman–Crippen LogP) is 4.96. The van der Waals surface area contributed by atoms with Gasteiger partial charge in [-0.15, -0.1) is 0 Å². The van der Waals surface area contributed by atoms with E-state index >= 15 is 0 Å². The van der Waals surface area contributed by atoms with Crippen LogP contribution in [0.15, 0.2) is 47.4 Å². The molecule has 1 N–H and O–H groups in total. The fraction of sp³-hybridized carbons (Fsp3) is 0.250. The van der Waals surface area contributed by atoms with E-state index in [0.29, 0.717) is 14.9 Å². The van der Waals surface area contributed by atoms with Gasteiger partial charge in [0.25, 0.3) is 0 Å². The van der Waals surface area contributed by atoms with Crippen LogP contribution in [0.25, 0.3) is 0 Å². The molecule has 3 nitrogen and oxygen atoms in total. The summed E-state index contributed by atoms with van der Waals surface area (Å²) in [5.74, 6) is 0.0938. The SMILES string of the molecule is CCS(=O)(=O)c1ccc(N[C@@H](C)c2ccc(Cl)cc2Cl)cc1. The van der Waals surface area contributed by atoms with Crippen LogP contribution in [0.2, 0.25) is 10.0 Å². The molecular weight excluding hydrogens is 341 g/mol. The van der Waals surface area contributed by atoms with Gasteiger partial charge in [-0.05, 0) is 48.9 Å². The largest absolute Gasteiger partial charge is 0.378 e. The van der Waals surface area contributed by atoms with Gasteiger partial charge in [0.2, 0.25) is 0 Å². The quantitative estimate of drug-likeness (QED) is 0.822. The number of nitrogens with one attached hydrogen (secondary N) is 1. The summed E-state index contributed by atoms with van der Waals surface area (Å²) in [4.78, 5) is 0.331. The Bertz CT molecular complexity index is 758. The number of anilines is 1. The Hall–Kier alpha value is -1.23. The molecule has 0 saturated heterocycles. The molecule has 0 amide bonds. The summed E-state index contributed by atoms with van der Waals surface area (Å²) >= 11 is 12.1. The van der Waals surface area contributed by atoms with Crippen molar-refractivity contribution in [3.8, 4) is 0 Å². The van der Waals surface area contributed by atoms with Crippen LogP contribution in [0, 0.1) is 0 Å². The zero-order valence-corrected chi connectivity index (χ0v) is 14.6. The monoisotopic (exact) mass is 357 g/mol. The van der Waals surface area contributed by atoms with Gasteiger partial charge in [-0.1, -0.05) is 36.2 Å². The summed E-state index contributed by atoms with van der Waals surface area (Å²) in [5, 5.41) is 4.48. The third kappa shape index (κ3) is 3.94. The highest BCUT2D eigenvalue weighted by Gasteiger charge is 2.13. The van der Waals surface area contributed by atoms with E-state index < -0.39 is 9.84 Å². The maximum absolute atomic E-state index is 11.8. The minimum absolute atomic E-state index is 0.0293. The van der Waals surface area contributed by atoms with Crippen molar-refractivity contribution in [3.63, 3.8) is 0 Å². The minimum Gasteiger partial charge on any atom is -0.378 e. The van der Waals surface area contributed by atoms with Gasteiger partial charge < -0.3 is 5.32 Å². The first-order valence-corrected chi connectivity index (χ1v) is 9.28. The minimum atomic E-state index is -3.17. The fourth-order valence-corrected chi connectivity index (χ4v) is 3.56. The van der Waals surface area contributed by atoms with Crippen molar-refractivity contribution in [3.05, 3.63) is 58.1 Å². The second kappa shape index (κ2) is 6.90. The Balaban J connectivity index is 2.17. The average Bonchev–Trinajstić information content (AvgIpc) is 2.47. The van der Waals surface area contributed by atoms with Crippen LogP contribution in [0.3, 0.4) is 0 Å². The van der Waals surface area contributed by atoms with E-state index in [2.05, 4.69) is 5.32 Å². The van der Waals surface area contributed by atoms with E-state index in [4.69, 9.17) is 23.2 Å². The van der Waals surface area contributed by atoms with Gasteiger partial charge in [-0.2, -0.15) is 0 Å². The topological polar surface area (TPSA) is 46.2 Å². The number of rotatable bonds is 5. The highest BCUT2D eigenvalue weighted by Crippen LogP contribution is 2.28. The van der Waals surface area contributed by atoms with Crippen molar-refractivity contribution in [2.45, 2.75) is 24.8 Å². The van der Waals surface area contributed by atoms with Crippen molar-refractivity contribution < 1.29 is 8.42 Å². The lowest BCUT2D eigenvalue weighted by atomic mass is 10.1. The maximum atomic E-state index is 11.8. The molecule has 1 atom stereocenters. The number of hydrogen-bond acceptors (Lipinski definition) is 3. The molecule has 0 spiro atoms. The van der Waals surface area contributed by atoms with Crippen molar-refractivity contribution in [1.29, 1.82) is 0 Å². The summed E-state index contributed by atoms with van der Waals surface area (Å²) in [6, 6.07) is 12.1. The number of hydrogen-bond donors (Lipinski definition) is 1.